The molecule has 12 heavy (non-hydrogen) atoms. The van der Waals surface area contributed by atoms with Gasteiger partial charge in [-0.3, -0.25) is 4.57 Å². The molecule has 1 rings (SSSR count). The van der Waals surface area contributed by atoms with E-state index in [2.05, 4.69) is 0 Å². The van der Waals surface area contributed by atoms with Gasteiger partial charge in [-0.2, -0.15) is 0 Å². The minimum absolute atomic E-state index is 0.0370. The molecule has 0 radical (unpaired) electrons. The van der Waals surface area contributed by atoms with E-state index in [1.165, 1.54) is 0 Å². The van der Waals surface area contributed by atoms with E-state index in [-0.39, 0.29) is 8.46 Å². The van der Waals surface area contributed by atoms with Gasteiger partial charge in [0.25, 0.3) is 0 Å². The first-order valence-corrected chi connectivity index (χ1v) is 4.92. The number of hydrogen-bond donors (Lipinski definition) is 0. The molecular weight excluding hydrogens is 191 g/mol. The average molecular weight is 199 g/mol. The number of alkyl halides is 1. The van der Waals surface area contributed by atoms with E-state index in [1.807, 2.05) is 24.3 Å². The van der Waals surface area contributed by atoms with E-state index in [0.717, 1.165) is 11.1 Å². The Balaban J connectivity index is 2.77. The molecule has 62 valence electrons. The zero-order valence-electron chi connectivity index (χ0n) is 6.40. The van der Waals surface area contributed by atoms with E-state index in [1.54, 1.807) is 11.9 Å². The molecule has 0 spiro atoms. The monoisotopic (exact) mass is 198 g/mol. The number of hydrogen-bond acceptors (Lipinski definition) is 1. The highest BCUT2D eigenvalue weighted by atomic mass is 35.5. The van der Waals surface area contributed by atoms with Crippen LogP contribution in [0, 0.1) is 0 Å². The zero-order valence-corrected chi connectivity index (χ0v) is 8.05. The van der Waals surface area contributed by atoms with Gasteiger partial charge in [0.05, 0.1) is 0 Å². The fourth-order valence-electron chi connectivity index (χ4n) is 0.834. The summed E-state index contributed by atoms with van der Waals surface area (Å²) in [6, 6.07) is 7.79. The predicted octanol–water partition coefficient (Wildman–Crippen LogP) is 3.69. The van der Waals surface area contributed by atoms with Crippen molar-refractivity contribution in [2.75, 3.05) is 0 Å². The molecule has 0 unspecified atom stereocenters. The summed E-state index contributed by atoms with van der Waals surface area (Å²) in [5.41, 5.74) is 2.13. The van der Waals surface area contributed by atoms with Gasteiger partial charge in [0.15, 0.2) is 8.46 Å². The Hall–Kier alpha value is -0.650. The van der Waals surface area contributed by atoms with Crippen LogP contribution < -0.4 is 0 Å². The highest BCUT2D eigenvalue weighted by Crippen LogP contribution is 2.09. The van der Waals surface area contributed by atoms with Crippen LogP contribution in [0.3, 0.4) is 0 Å². The second-order valence-electron chi connectivity index (χ2n) is 2.30. The molecule has 0 fully saturated rings. The van der Waals surface area contributed by atoms with Crippen LogP contribution in [0.25, 0.3) is 6.08 Å². The number of benzene rings is 1. The third kappa shape index (κ3) is 2.77. The molecule has 0 saturated carbocycles. The third-order valence-corrected chi connectivity index (χ3v) is 2.04. The molecule has 0 atom stereocenters. The molecule has 3 heteroatoms. The van der Waals surface area contributed by atoms with Crippen LogP contribution in [0.15, 0.2) is 30.1 Å². The van der Waals surface area contributed by atoms with Crippen molar-refractivity contribution in [1.29, 1.82) is 0 Å². The van der Waals surface area contributed by atoms with Crippen molar-refractivity contribution >= 4 is 26.1 Å². The summed E-state index contributed by atoms with van der Waals surface area (Å²) in [6.07, 6.45) is 1.80. The van der Waals surface area contributed by atoms with E-state index >= 15 is 0 Å². The Morgan fingerprint density at radius 1 is 1.33 bits per heavy atom. The van der Waals surface area contributed by atoms with Crippen molar-refractivity contribution in [2.24, 2.45) is 0 Å². The fourth-order valence-corrected chi connectivity index (χ4v) is 1.25. The molecule has 1 aromatic rings. The molecule has 1 nitrogen and oxygen atoms in total. The van der Waals surface area contributed by atoms with Gasteiger partial charge in [-0.05, 0) is 17.2 Å². The van der Waals surface area contributed by atoms with Crippen LogP contribution >= 0.6 is 20.1 Å². The molecule has 0 aliphatic heterocycles. The van der Waals surface area contributed by atoms with E-state index in [0.29, 0.717) is 5.88 Å². The smallest absolute Gasteiger partial charge is 0.184 e. The maximum atomic E-state index is 10.1. The lowest BCUT2D eigenvalue weighted by Gasteiger charge is -1.94. The Labute approximate surface area is 78.3 Å². The molecule has 0 amide bonds. The van der Waals surface area contributed by atoms with Crippen LogP contribution in [-0.2, 0) is 10.4 Å². The van der Waals surface area contributed by atoms with Crippen LogP contribution in [0.2, 0.25) is 0 Å². The first-order chi connectivity index (χ1) is 5.86. The van der Waals surface area contributed by atoms with Crippen molar-refractivity contribution in [2.45, 2.75) is 5.88 Å². The molecule has 0 aliphatic carbocycles. The normalized spacial score (nSPS) is 11.1. The van der Waals surface area contributed by atoms with Gasteiger partial charge >= 0.3 is 0 Å². The second kappa shape index (κ2) is 5.08. The maximum absolute atomic E-state index is 10.1. The van der Waals surface area contributed by atoms with Gasteiger partial charge in [-0.15, -0.1) is 11.6 Å². The number of rotatable bonds is 3. The van der Waals surface area contributed by atoms with Gasteiger partial charge in [0, 0.05) is 11.7 Å². The van der Waals surface area contributed by atoms with Gasteiger partial charge in [0.2, 0.25) is 0 Å². The maximum Gasteiger partial charge on any atom is 0.184 e. The van der Waals surface area contributed by atoms with Crippen molar-refractivity contribution in [3.63, 3.8) is 0 Å². The minimum Gasteiger partial charge on any atom is -0.270 e. The number of halogens is 1. The van der Waals surface area contributed by atoms with E-state index in [4.69, 9.17) is 11.6 Å². The van der Waals surface area contributed by atoms with Gasteiger partial charge in [-0.1, -0.05) is 24.3 Å². The van der Waals surface area contributed by atoms with Crippen molar-refractivity contribution in [1.82, 2.24) is 0 Å². The van der Waals surface area contributed by atoms with Crippen LogP contribution in [-0.4, -0.2) is 0 Å². The van der Waals surface area contributed by atoms with Crippen LogP contribution in [0.4, 0.5) is 0 Å². The highest BCUT2D eigenvalue weighted by Gasteiger charge is 1.88. The largest absolute Gasteiger partial charge is 0.270 e. The van der Waals surface area contributed by atoms with E-state index < -0.39 is 0 Å². The van der Waals surface area contributed by atoms with Gasteiger partial charge < -0.3 is 0 Å². The Kier molecular flexibility index (Phi) is 3.99. The molecule has 0 aliphatic rings. The Morgan fingerprint density at radius 2 is 2.00 bits per heavy atom. The molecule has 0 saturated heterocycles. The molecule has 0 bridgehead atoms. The summed E-state index contributed by atoms with van der Waals surface area (Å²) < 4.78 is 10.1. The summed E-state index contributed by atoms with van der Waals surface area (Å²) >= 11 is 5.61. The topological polar surface area (TPSA) is 17.1 Å². The quantitative estimate of drug-likeness (QED) is 0.535. The predicted molar refractivity (Wildman–Crippen MR) is 52.6 cm³/mol. The fraction of sp³-hybridized carbons (Fsp3) is 0.111. The van der Waals surface area contributed by atoms with Crippen molar-refractivity contribution in [3.05, 3.63) is 41.2 Å². The average Bonchev–Trinajstić information content (AvgIpc) is 2.15. The summed E-state index contributed by atoms with van der Waals surface area (Å²) in [7, 11) is 0.0370. The van der Waals surface area contributed by atoms with Gasteiger partial charge in [-0.25, -0.2) is 0 Å². The minimum atomic E-state index is 0.0370. The zero-order chi connectivity index (χ0) is 8.81. The molecular formula is C9H8ClOP. The molecule has 0 heterocycles. The first-order valence-electron chi connectivity index (χ1n) is 3.50. The lowest BCUT2D eigenvalue weighted by molar-refractivity contribution is 0.603. The van der Waals surface area contributed by atoms with Crippen molar-refractivity contribution < 1.29 is 4.57 Å². The van der Waals surface area contributed by atoms with E-state index in [9.17, 15) is 4.57 Å². The van der Waals surface area contributed by atoms with Gasteiger partial charge in [0.1, 0.15) is 0 Å². The Morgan fingerprint density at radius 3 is 2.50 bits per heavy atom. The van der Waals surface area contributed by atoms with Crippen LogP contribution in [0.1, 0.15) is 11.1 Å². The lowest BCUT2D eigenvalue weighted by Crippen LogP contribution is -1.76. The Bertz CT molecular complexity index is 279. The third-order valence-electron chi connectivity index (χ3n) is 1.46. The molecule has 0 N–H and O–H groups in total. The van der Waals surface area contributed by atoms with Crippen LogP contribution in [0.5, 0.6) is 0 Å². The lowest BCUT2D eigenvalue weighted by atomic mass is 10.1. The van der Waals surface area contributed by atoms with Crippen molar-refractivity contribution in [3.8, 4) is 0 Å². The summed E-state index contributed by atoms with van der Waals surface area (Å²) in [5.74, 6) is 2.10. The molecule has 1 aromatic carbocycles. The SMILES string of the molecule is O=PC=Cc1ccc(CCl)cc1. The summed E-state index contributed by atoms with van der Waals surface area (Å²) in [4.78, 5) is 0. The highest BCUT2D eigenvalue weighted by molar-refractivity contribution is 7.28. The summed E-state index contributed by atoms with van der Waals surface area (Å²) in [5, 5.41) is 0. The molecule has 0 aromatic heterocycles. The standard InChI is InChI=1S/C9H8ClOP/c10-7-9-3-1-8(2-4-9)5-6-12-11/h1-6H,7H2. The second-order valence-corrected chi connectivity index (χ2v) is 3.07. The summed E-state index contributed by atoms with van der Waals surface area (Å²) in [6.45, 7) is 0. The first kappa shape index (κ1) is 9.44.